The van der Waals surface area contributed by atoms with E-state index < -0.39 is 58.8 Å². The predicted molar refractivity (Wildman–Crippen MR) is 112 cm³/mol. The molecule has 35 heavy (non-hydrogen) atoms. The summed E-state index contributed by atoms with van der Waals surface area (Å²) in [6.45, 7) is -0.266. The minimum atomic E-state index is -4.91. The van der Waals surface area contributed by atoms with Gasteiger partial charge in [-0.1, -0.05) is 11.6 Å². The molecule has 0 saturated carbocycles. The number of imidazole rings is 1. The molecule has 184 valence electrons. The van der Waals surface area contributed by atoms with Crippen LogP contribution in [0.5, 0.6) is 0 Å². The van der Waals surface area contributed by atoms with Crippen molar-refractivity contribution in [3.05, 3.63) is 81.3 Å². The van der Waals surface area contributed by atoms with E-state index in [-0.39, 0.29) is 34.7 Å². The van der Waals surface area contributed by atoms with Gasteiger partial charge in [0.05, 0.1) is 23.8 Å². The Bertz CT molecular complexity index is 1340. The third-order valence-electron chi connectivity index (χ3n) is 5.20. The number of fused-ring (bicyclic) bond motifs is 1. The number of nitrogens with zero attached hydrogens (tertiary/aromatic N) is 2. The molecular weight excluding hydrogens is 501 g/mol. The lowest BCUT2D eigenvalue weighted by Gasteiger charge is -2.31. The lowest BCUT2D eigenvalue weighted by Crippen LogP contribution is -2.44. The quantitative estimate of drug-likeness (QED) is 0.398. The maximum Gasteiger partial charge on any atom is 0.416 e. The minimum Gasteiger partial charge on any atom is -0.377 e. The number of hydrogen-bond acceptors (Lipinski definition) is 5. The Morgan fingerprint density at radius 2 is 1.89 bits per heavy atom. The molecule has 0 aliphatic carbocycles. The number of amides is 2. The SMILES string of the molecule is NC(=O)c1nc(NC(=O)c2cc(F)cc(C(F)(F)F)c2)c2n1CC(O)N[C@H]2c1cc(F)ccc1Cl. The molecule has 0 saturated heterocycles. The molecule has 5 N–H and O–H groups in total. The van der Waals surface area contributed by atoms with Crippen molar-refractivity contribution in [1.29, 1.82) is 0 Å². The van der Waals surface area contributed by atoms with Gasteiger partial charge < -0.3 is 20.7 Å². The first-order valence-electron chi connectivity index (χ1n) is 9.83. The van der Waals surface area contributed by atoms with Crippen LogP contribution in [-0.4, -0.2) is 32.7 Å². The molecule has 1 aliphatic rings. The summed E-state index contributed by atoms with van der Waals surface area (Å²) < 4.78 is 68.1. The number of aliphatic hydroxyl groups is 1. The first-order valence-corrected chi connectivity index (χ1v) is 10.2. The van der Waals surface area contributed by atoms with Crippen molar-refractivity contribution in [3.8, 4) is 0 Å². The van der Waals surface area contributed by atoms with E-state index in [1.807, 2.05) is 0 Å². The third kappa shape index (κ3) is 4.83. The van der Waals surface area contributed by atoms with Crippen LogP contribution in [0.3, 0.4) is 0 Å². The predicted octanol–water partition coefficient (Wildman–Crippen LogP) is 3.20. The maximum absolute atomic E-state index is 14.0. The van der Waals surface area contributed by atoms with Crippen LogP contribution in [0.4, 0.5) is 27.8 Å². The maximum atomic E-state index is 14.0. The fraction of sp³-hybridized carbons (Fsp3) is 0.190. The van der Waals surface area contributed by atoms with Gasteiger partial charge in [-0.3, -0.25) is 14.9 Å². The second kappa shape index (κ2) is 8.91. The van der Waals surface area contributed by atoms with Gasteiger partial charge in [-0.25, -0.2) is 13.8 Å². The van der Waals surface area contributed by atoms with E-state index >= 15 is 0 Å². The largest absolute Gasteiger partial charge is 0.416 e. The Kier molecular flexibility index (Phi) is 6.25. The lowest BCUT2D eigenvalue weighted by atomic mass is 10.0. The van der Waals surface area contributed by atoms with Gasteiger partial charge in [0.1, 0.15) is 17.9 Å². The van der Waals surface area contributed by atoms with Gasteiger partial charge >= 0.3 is 6.18 Å². The van der Waals surface area contributed by atoms with Crippen molar-refractivity contribution in [2.75, 3.05) is 5.32 Å². The number of nitrogens with one attached hydrogen (secondary N) is 2. The fourth-order valence-electron chi connectivity index (χ4n) is 3.76. The number of benzene rings is 2. The summed E-state index contributed by atoms with van der Waals surface area (Å²) in [5.74, 6) is -4.95. The smallest absolute Gasteiger partial charge is 0.377 e. The molecule has 2 amide bonds. The number of anilines is 1. The van der Waals surface area contributed by atoms with Crippen LogP contribution in [0.25, 0.3) is 0 Å². The van der Waals surface area contributed by atoms with Crippen LogP contribution in [0.2, 0.25) is 5.02 Å². The zero-order chi connectivity index (χ0) is 25.7. The Morgan fingerprint density at radius 3 is 2.54 bits per heavy atom. The number of alkyl halides is 3. The molecule has 1 aliphatic heterocycles. The molecule has 0 radical (unpaired) electrons. The highest BCUT2D eigenvalue weighted by molar-refractivity contribution is 6.31. The van der Waals surface area contributed by atoms with Crippen molar-refractivity contribution >= 4 is 29.2 Å². The molecule has 0 bridgehead atoms. The van der Waals surface area contributed by atoms with E-state index in [0.29, 0.717) is 12.1 Å². The van der Waals surface area contributed by atoms with Crippen LogP contribution in [-0.2, 0) is 12.7 Å². The highest BCUT2D eigenvalue weighted by Crippen LogP contribution is 2.37. The van der Waals surface area contributed by atoms with Gasteiger partial charge in [-0.05, 0) is 42.0 Å². The number of primary amides is 1. The van der Waals surface area contributed by atoms with Crippen LogP contribution >= 0.6 is 11.6 Å². The van der Waals surface area contributed by atoms with Gasteiger partial charge in [0, 0.05) is 10.6 Å². The average molecular weight is 516 g/mol. The number of rotatable bonds is 4. The zero-order valence-corrected chi connectivity index (χ0v) is 18.1. The summed E-state index contributed by atoms with van der Waals surface area (Å²) in [6, 6.07) is 3.51. The molecule has 1 unspecified atom stereocenters. The summed E-state index contributed by atoms with van der Waals surface area (Å²) in [4.78, 5) is 28.7. The van der Waals surface area contributed by atoms with Gasteiger partial charge in [0.15, 0.2) is 5.82 Å². The molecule has 8 nitrogen and oxygen atoms in total. The topological polar surface area (TPSA) is 122 Å². The number of aromatic nitrogens is 2. The van der Waals surface area contributed by atoms with Gasteiger partial charge in [-0.2, -0.15) is 13.2 Å². The van der Waals surface area contributed by atoms with E-state index in [1.165, 1.54) is 6.07 Å². The first-order chi connectivity index (χ1) is 16.3. The number of carbonyl (C=O) groups is 2. The van der Waals surface area contributed by atoms with Crippen LogP contribution < -0.4 is 16.4 Å². The number of aliphatic hydroxyl groups excluding tert-OH is 1. The monoisotopic (exact) mass is 515 g/mol. The van der Waals surface area contributed by atoms with E-state index in [4.69, 9.17) is 17.3 Å². The molecule has 2 atom stereocenters. The lowest BCUT2D eigenvalue weighted by molar-refractivity contribution is -0.137. The van der Waals surface area contributed by atoms with E-state index in [0.717, 1.165) is 16.7 Å². The Morgan fingerprint density at radius 1 is 1.17 bits per heavy atom. The second-order valence-electron chi connectivity index (χ2n) is 7.61. The van der Waals surface area contributed by atoms with E-state index in [9.17, 15) is 36.6 Å². The number of hydrogen-bond donors (Lipinski definition) is 4. The first kappa shape index (κ1) is 24.6. The van der Waals surface area contributed by atoms with Crippen LogP contribution in [0.1, 0.15) is 43.8 Å². The molecule has 0 spiro atoms. The Balaban J connectivity index is 1.82. The average Bonchev–Trinajstić information content (AvgIpc) is 3.12. The number of halogens is 6. The summed E-state index contributed by atoms with van der Waals surface area (Å²) in [7, 11) is 0. The fourth-order valence-corrected chi connectivity index (χ4v) is 3.98. The summed E-state index contributed by atoms with van der Waals surface area (Å²) in [5.41, 5.74) is 3.41. The molecule has 2 heterocycles. The van der Waals surface area contributed by atoms with Crippen molar-refractivity contribution in [2.45, 2.75) is 25.0 Å². The second-order valence-corrected chi connectivity index (χ2v) is 8.01. The van der Waals surface area contributed by atoms with Gasteiger partial charge in [-0.15, -0.1) is 0 Å². The van der Waals surface area contributed by atoms with Gasteiger partial charge in [0.2, 0.25) is 5.82 Å². The molecule has 14 heteroatoms. The molecule has 0 fully saturated rings. The number of carbonyl (C=O) groups excluding carboxylic acids is 2. The Labute approximate surface area is 198 Å². The zero-order valence-electron chi connectivity index (χ0n) is 17.3. The van der Waals surface area contributed by atoms with Gasteiger partial charge in [0.25, 0.3) is 11.8 Å². The van der Waals surface area contributed by atoms with E-state index in [1.54, 1.807) is 0 Å². The molecule has 2 aromatic carbocycles. The normalized spacial score (nSPS) is 17.7. The minimum absolute atomic E-state index is 0.0115. The summed E-state index contributed by atoms with van der Waals surface area (Å²) >= 11 is 6.20. The van der Waals surface area contributed by atoms with Crippen molar-refractivity contribution in [3.63, 3.8) is 0 Å². The van der Waals surface area contributed by atoms with E-state index in [2.05, 4.69) is 15.6 Å². The molecule has 4 rings (SSSR count). The third-order valence-corrected chi connectivity index (χ3v) is 5.55. The number of nitrogens with two attached hydrogens (primary N) is 1. The van der Waals surface area contributed by atoms with Crippen LogP contribution in [0.15, 0.2) is 36.4 Å². The summed E-state index contributed by atoms with van der Waals surface area (Å²) in [6.07, 6.45) is -6.19. The molecular formula is C21H15ClF5N5O3. The van der Waals surface area contributed by atoms with Crippen LogP contribution in [0, 0.1) is 11.6 Å². The highest BCUT2D eigenvalue weighted by Gasteiger charge is 2.36. The van der Waals surface area contributed by atoms with Crippen molar-refractivity contribution < 1.29 is 36.6 Å². The summed E-state index contributed by atoms with van der Waals surface area (Å²) in [5, 5.41) is 15.3. The van der Waals surface area contributed by atoms with Crippen molar-refractivity contribution in [2.24, 2.45) is 5.73 Å². The standard InChI is InChI=1S/C21H15ClF5N5O3/c22-13-2-1-10(23)6-12(13)15-16-18(30-19(17(28)34)32(16)7-14(33)29-15)31-20(35)8-3-9(21(25,26)27)5-11(24)4-8/h1-6,14-15,29,33H,7H2,(H2,28,34)(H,31,35)/t14?,15-/m0/s1. The molecule has 1 aromatic heterocycles. The van der Waals surface area contributed by atoms with Crippen molar-refractivity contribution in [1.82, 2.24) is 14.9 Å². The highest BCUT2D eigenvalue weighted by atomic mass is 35.5. The molecule has 3 aromatic rings. The Hall–Kier alpha value is -3.55.